The third-order valence-electron chi connectivity index (χ3n) is 0. The highest BCUT2D eigenvalue weighted by atomic mass is 16.0. The van der Waals surface area contributed by atoms with E-state index in [1.165, 1.54) is 6.42 Å². The van der Waals surface area contributed by atoms with E-state index in [2.05, 4.69) is 13.8 Å². The molecule has 0 amide bonds. The van der Waals surface area contributed by atoms with Crippen molar-refractivity contribution in [2.75, 3.05) is 0 Å². The van der Waals surface area contributed by atoms with E-state index in [1.54, 1.807) is 0 Å². The predicted octanol–water partition coefficient (Wildman–Crippen LogP) is 1.06. The Labute approximate surface area is 32.4 Å². The predicted molar refractivity (Wildman–Crippen MR) is 19.8 cm³/mol. The summed E-state index contributed by atoms with van der Waals surface area (Å²) in [5, 5.41) is 0. The van der Waals surface area contributed by atoms with Gasteiger partial charge in [-0.1, -0.05) is 20.3 Å². The van der Waals surface area contributed by atoms with Crippen LogP contribution in [0.25, 0.3) is 0 Å². The zero-order valence-corrected chi connectivity index (χ0v) is 3.60. The largest absolute Gasteiger partial charge is 0.870 e. The van der Waals surface area contributed by atoms with Crippen molar-refractivity contribution in [1.82, 2.24) is 0 Å². The molecule has 0 aromatic heterocycles. The fourth-order valence-electron chi connectivity index (χ4n) is 0. The fraction of sp³-hybridized carbons (Fsp3) is 1.00. The Kier molecular flexibility index (Phi) is 162. The third kappa shape index (κ3) is 2260. The van der Waals surface area contributed by atoms with Crippen LogP contribution in [0.4, 0.5) is 0 Å². The van der Waals surface area contributed by atoms with E-state index in [9.17, 15) is 0 Å². The molecule has 2 N–H and O–H groups in total. The molecular weight excluding hydrogens is 68.0 g/mol. The molecule has 0 aromatic rings. The summed E-state index contributed by atoms with van der Waals surface area (Å²) in [7, 11) is 0. The zero-order chi connectivity index (χ0) is 2.71. The first-order valence-electron chi connectivity index (χ1n) is 1.41. The maximum Gasteiger partial charge on any atom is -0.0590 e. The average Bonchev–Trinajstić information content (AvgIpc) is 0.918. The molecule has 0 aromatic carbocycles. The average molecular weight is 78.1 g/mol. The van der Waals surface area contributed by atoms with E-state index in [4.69, 9.17) is 0 Å². The van der Waals surface area contributed by atoms with Crippen LogP contribution in [0.1, 0.15) is 20.3 Å². The Hall–Kier alpha value is -0.0800. The second-order valence-corrected chi connectivity index (χ2v) is 0.707. The van der Waals surface area contributed by atoms with Gasteiger partial charge in [0.15, 0.2) is 0 Å². The SMILES string of the molecule is CCC.[OH-].[OH-]. The van der Waals surface area contributed by atoms with Gasteiger partial charge in [0.25, 0.3) is 0 Å². The quantitative estimate of drug-likeness (QED) is 0.435. The molecular formula is C3H10O2-2. The van der Waals surface area contributed by atoms with Crippen molar-refractivity contribution in [1.29, 1.82) is 0 Å². The van der Waals surface area contributed by atoms with Gasteiger partial charge in [-0.2, -0.15) is 0 Å². The van der Waals surface area contributed by atoms with Crippen molar-refractivity contribution >= 4 is 0 Å². The normalized spacial score (nSPS) is 3.60. The molecule has 0 radical (unpaired) electrons. The molecule has 5 heavy (non-hydrogen) atoms. The van der Waals surface area contributed by atoms with Gasteiger partial charge in [0.1, 0.15) is 0 Å². The molecule has 0 aliphatic carbocycles. The summed E-state index contributed by atoms with van der Waals surface area (Å²) in [6.07, 6.45) is 1.25. The van der Waals surface area contributed by atoms with Gasteiger partial charge in [0, 0.05) is 0 Å². The van der Waals surface area contributed by atoms with Crippen LogP contribution in [0.3, 0.4) is 0 Å². The molecule has 0 saturated carbocycles. The smallest absolute Gasteiger partial charge is 0.0590 e. The van der Waals surface area contributed by atoms with Crippen LogP contribution < -0.4 is 0 Å². The second kappa shape index (κ2) is 39.5. The van der Waals surface area contributed by atoms with Gasteiger partial charge in [-0.05, 0) is 0 Å². The molecule has 0 atom stereocenters. The Balaban J connectivity index is -0.0000000200. The molecule has 2 heteroatoms. The molecule has 0 rings (SSSR count). The van der Waals surface area contributed by atoms with Crippen LogP contribution >= 0.6 is 0 Å². The first-order valence-corrected chi connectivity index (χ1v) is 1.41. The molecule has 0 bridgehead atoms. The minimum Gasteiger partial charge on any atom is -0.870 e. The van der Waals surface area contributed by atoms with Crippen molar-refractivity contribution in [2.45, 2.75) is 20.3 Å². The summed E-state index contributed by atoms with van der Waals surface area (Å²) in [5.41, 5.74) is 0. The second-order valence-electron chi connectivity index (χ2n) is 0.707. The molecule has 36 valence electrons. The Morgan fingerprint density at radius 2 is 1.00 bits per heavy atom. The Bertz CT molecular complexity index is 4.85. The van der Waals surface area contributed by atoms with Crippen molar-refractivity contribution in [3.63, 3.8) is 0 Å². The fourth-order valence-corrected chi connectivity index (χ4v) is 0. The minimum absolute atomic E-state index is 0. The lowest BCUT2D eigenvalue weighted by atomic mass is 10.6. The summed E-state index contributed by atoms with van der Waals surface area (Å²) >= 11 is 0. The summed E-state index contributed by atoms with van der Waals surface area (Å²) in [4.78, 5) is 0. The summed E-state index contributed by atoms with van der Waals surface area (Å²) in [6.45, 7) is 4.25. The number of rotatable bonds is 0. The van der Waals surface area contributed by atoms with Crippen LogP contribution in [0.2, 0.25) is 0 Å². The number of hydrogen-bond acceptors (Lipinski definition) is 2. The zero-order valence-electron chi connectivity index (χ0n) is 3.60. The van der Waals surface area contributed by atoms with E-state index in [1.807, 2.05) is 0 Å². The molecule has 0 spiro atoms. The lowest BCUT2D eigenvalue weighted by Crippen LogP contribution is -1.27. The van der Waals surface area contributed by atoms with Gasteiger partial charge in [-0.15, -0.1) is 0 Å². The lowest BCUT2D eigenvalue weighted by Gasteiger charge is -1.48. The highest BCUT2D eigenvalue weighted by molar-refractivity contribution is 3.92. The molecule has 0 aliphatic rings. The minimum atomic E-state index is 0. The maximum atomic E-state index is 2.12. The first kappa shape index (κ1) is 20.5. The van der Waals surface area contributed by atoms with E-state index in [-0.39, 0.29) is 11.0 Å². The topological polar surface area (TPSA) is 60.0 Å². The van der Waals surface area contributed by atoms with Crippen LogP contribution in [0, 0.1) is 0 Å². The maximum absolute atomic E-state index is 2.12. The molecule has 2 nitrogen and oxygen atoms in total. The Morgan fingerprint density at radius 3 is 1.00 bits per heavy atom. The highest BCUT2D eigenvalue weighted by Crippen LogP contribution is 1.56. The molecule has 0 aliphatic heterocycles. The molecule has 0 heterocycles. The standard InChI is InChI=1S/C3H8.2H2O/c1-3-2;;/h3H2,1-2H3;2*1H2/p-2. The monoisotopic (exact) mass is 78.1 g/mol. The van der Waals surface area contributed by atoms with Gasteiger partial charge >= 0.3 is 0 Å². The molecule has 0 fully saturated rings. The summed E-state index contributed by atoms with van der Waals surface area (Å²) in [6, 6.07) is 0. The van der Waals surface area contributed by atoms with Gasteiger partial charge in [-0.3, -0.25) is 0 Å². The Morgan fingerprint density at radius 1 is 1.00 bits per heavy atom. The third-order valence-corrected chi connectivity index (χ3v) is 0. The van der Waals surface area contributed by atoms with Crippen LogP contribution in [-0.2, 0) is 0 Å². The van der Waals surface area contributed by atoms with E-state index < -0.39 is 0 Å². The van der Waals surface area contributed by atoms with Crippen molar-refractivity contribution in [2.24, 2.45) is 0 Å². The number of hydrogen-bond donors (Lipinski definition) is 0. The van der Waals surface area contributed by atoms with E-state index in [0.29, 0.717) is 0 Å². The van der Waals surface area contributed by atoms with Crippen molar-refractivity contribution in [3.05, 3.63) is 0 Å². The molecule has 0 unspecified atom stereocenters. The summed E-state index contributed by atoms with van der Waals surface area (Å²) < 4.78 is 0. The van der Waals surface area contributed by atoms with E-state index >= 15 is 0 Å². The van der Waals surface area contributed by atoms with Gasteiger partial charge in [0.2, 0.25) is 0 Å². The highest BCUT2D eigenvalue weighted by Gasteiger charge is 1.35. The van der Waals surface area contributed by atoms with Gasteiger partial charge in [-0.25, -0.2) is 0 Å². The van der Waals surface area contributed by atoms with Crippen molar-refractivity contribution in [3.8, 4) is 0 Å². The van der Waals surface area contributed by atoms with Gasteiger partial charge in [0.05, 0.1) is 0 Å². The van der Waals surface area contributed by atoms with Crippen molar-refractivity contribution < 1.29 is 11.0 Å². The van der Waals surface area contributed by atoms with Gasteiger partial charge < -0.3 is 11.0 Å². The van der Waals surface area contributed by atoms with Crippen LogP contribution in [0.15, 0.2) is 0 Å². The summed E-state index contributed by atoms with van der Waals surface area (Å²) in [5.74, 6) is 0. The lowest BCUT2D eigenvalue weighted by molar-refractivity contribution is 0.823. The van der Waals surface area contributed by atoms with Crippen LogP contribution in [0.5, 0.6) is 0 Å². The van der Waals surface area contributed by atoms with Crippen LogP contribution in [-0.4, -0.2) is 11.0 Å². The first-order chi connectivity index (χ1) is 1.41. The van der Waals surface area contributed by atoms with E-state index in [0.717, 1.165) is 0 Å². The molecule has 0 saturated heterocycles.